The summed E-state index contributed by atoms with van der Waals surface area (Å²) in [5, 5.41) is 8.73. The van der Waals surface area contributed by atoms with Gasteiger partial charge >= 0.3 is 5.97 Å². The number of carbonyl (C=O) groups excluding carboxylic acids is 3. The van der Waals surface area contributed by atoms with Gasteiger partial charge in [0.2, 0.25) is 5.91 Å². The number of rotatable bonds is 5. The lowest BCUT2D eigenvalue weighted by Crippen LogP contribution is -2.48. The molecule has 7 nitrogen and oxygen atoms in total. The Bertz CT molecular complexity index is 856. The third-order valence-corrected chi connectivity index (χ3v) is 5.63. The first-order valence-electron chi connectivity index (χ1n) is 8.90. The minimum absolute atomic E-state index is 0.0870. The predicted octanol–water partition coefficient (Wildman–Crippen LogP) is 2.72. The average molecular weight is 406 g/mol. The number of imide groups is 1. The van der Waals surface area contributed by atoms with Crippen LogP contribution in [0, 0.1) is 5.82 Å². The van der Waals surface area contributed by atoms with Crippen molar-refractivity contribution in [1.82, 2.24) is 9.80 Å². The summed E-state index contributed by atoms with van der Waals surface area (Å²) < 4.78 is 13.8. The summed E-state index contributed by atoms with van der Waals surface area (Å²) >= 11 is 0.691. The van der Waals surface area contributed by atoms with Gasteiger partial charge < -0.3 is 10.0 Å². The van der Waals surface area contributed by atoms with E-state index in [9.17, 15) is 28.7 Å². The maximum atomic E-state index is 13.8. The maximum Gasteiger partial charge on any atom is 0.326 e. The molecule has 1 aromatic carbocycles. The molecule has 1 atom stereocenters. The van der Waals surface area contributed by atoms with Crippen LogP contribution in [-0.4, -0.2) is 57.1 Å². The molecule has 28 heavy (non-hydrogen) atoms. The quantitative estimate of drug-likeness (QED) is 0.756. The minimum atomic E-state index is -1.05. The van der Waals surface area contributed by atoms with Crippen molar-refractivity contribution < 1.29 is 28.7 Å². The first-order valence-corrected chi connectivity index (χ1v) is 9.72. The van der Waals surface area contributed by atoms with Crippen LogP contribution in [0.25, 0.3) is 6.08 Å². The summed E-state index contributed by atoms with van der Waals surface area (Å²) in [4.78, 5) is 50.7. The molecule has 1 unspecified atom stereocenters. The Hall–Kier alpha value is -2.68. The number of aliphatic carboxylic acids is 1. The zero-order valence-corrected chi connectivity index (χ0v) is 15.8. The smallest absolute Gasteiger partial charge is 0.326 e. The highest BCUT2D eigenvalue weighted by Crippen LogP contribution is 2.32. The highest BCUT2D eigenvalue weighted by atomic mass is 32.2. The van der Waals surface area contributed by atoms with Gasteiger partial charge in [0.05, 0.1) is 4.91 Å². The van der Waals surface area contributed by atoms with Gasteiger partial charge in [-0.3, -0.25) is 19.3 Å². The summed E-state index contributed by atoms with van der Waals surface area (Å²) in [6, 6.07) is 5.03. The van der Waals surface area contributed by atoms with Crippen LogP contribution >= 0.6 is 11.8 Å². The fraction of sp³-hybridized carbons (Fsp3) is 0.368. The lowest BCUT2D eigenvalue weighted by molar-refractivity contribution is -0.152. The van der Waals surface area contributed by atoms with Gasteiger partial charge in [0.15, 0.2) is 0 Å². The molecule has 0 saturated carbocycles. The molecule has 2 aliphatic rings. The zero-order valence-electron chi connectivity index (χ0n) is 15.0. The Labute approximate surface area is 165 Å². The van der Waals surface area contributed by atoms with Crippen molar-refractivity contribution in [2.75, 3.05) is 13.1 Å². The van der Waals surface area contributed by atoms with Crippen LogP contribution in [-0.2, 0) is 14.4 Å². The number of carbonyl (C=O) groups is 4. The number of amides is 3. The first-order chi connectivity index (χ1) is 13.4. The largest absolute Gasteiger partial charge is 0.480 e. The van der Waals surface area contributed by atoms with E-state index in [1.54, 1.807) is 6.07 Å². The topological polar surface area (TPSA) is 95.0 Å². The number of benzene rings is 1. The molecule has 148 valence electrons. The predicted molar refractivity (Wildman–Crippen MR) is 101 cm³/mol. The van der Waals surface area contributed by atoms with E-state index in [0.717, 1.165) is 17.7 Å². The van der Waals surface area contributed by atoms with Crippen LogP contribution in [0.4, 0.5) is 9.18 Å². The number of piperidine rings is 1. The second kappa shape index (κ2) is 8.55. The number of nitrogens with zero attached hydrogens (tertiary/aromatic N) is 2. The number of halogens is 1. The number of hydrogen-bond donors (Lipinski definition) is 1. The first kappa shape index (κ1) is 20.1. The van der Waals surface area contributed by atoms with Crippen molar-refractivity contribution in [3.05, 3.63) is 40.6 Å². The monoisotopic (exact) mass is 406 g/mol. The van der Waals surface area contributed by atoms with Gasteiger partial charge in [-0.2, -0.15) is 0 Å². The normalized spacial score (nSPS) is 21.5. The SMILES string of the molecule is O=C(O)C1CCCCN1C(=O)CCN1C(=O)S/C(=C\c2ccccc2F)C1=O. The molecule has 0 aliphatic carbocycles. The molecule has 2 fully saturated rings. The van der Waals surface area contributed by atoms with Gasteiger partial charge in [-0.05, 0) is 43.2 Å². The Morgan fingerprint density at radius 3 is 2.71 bits per heavy atom. The van der Waals surface area contributed by atoms with E-state index in [4.69, 9.17) is 0 Å². The molecule has 2 aliphatic heterocycles. The van der Waals surface area contributed by atoms with Crippen LogP contribution in [0.1, 0.15) is 31.2 Å². The van der Waals surface area contributed by atoms with Crippen LogP contribution < -0.4 is 0 Å². The molecule has 1 aromatic rings. The van der Waals surface area contributed by atoms with Crippen molar-refractivity contribution in [3.63, 3.8) is 0 Å². The molecule has 3 rings (SSSR count). The van der Waals surface area contributed by atoms with Crippen molar-refractivity contribution in [2.45, 2.75) is 31.7 Å². The van der Waals surface area contributed by atoms with Gasteiger partial charge in [0.25, 0.3) is 11.1 Å². The molecule has 9 heteroatoms. The molecule has 3 amide bonds. The lowest BCUT2D eigenvalue weighted by Gasteiger charge is -2.33. The molecule has 0 bridgehead atoms. The molecule has 2 heterocycles. The summed E-state index contributed by atoms with van der Waals surface area (Å²) in [6.45, 7) is 0.214. The molecule has 0 aromatic heterocycles. The Morgan fingerprint density at radius 1 is 1.25 bits per heavy atom. The van der Waals surface area contributed by atoms with Gasteiger partial charge in [-0.15, -0.1) is 0 Å². The number of likely N-dealkylation sites (tertiary alicyclic amines) is 1. The highest BCUT2D eigenvalue weighted by molar-refractivity contribution is 8.18. The average Bonchev–Trinajstić information content (AvgIpc) is 2.94. The minimum Gasteiger partial charge on any atom is -0.480 e. The van der Waals surface area contributed by atoms with Crippen molar-refractivity contribution in [1.29, 1.82) is 0 Å². The maximum absolute atomic E-state index is 13.8. The Morgan fingerprint density at radius 2 is 2.00 bits per heavy atom. The fourth-order valence-electron chi connectivity index (χ4n) is 3.26. The summed E-state index contributed by atoms with van der Waals surface area (Å²) in [7, 11) is 0. The van der Waals surface area contributed by atoms with Crippen molar-refractivity contribution >= 4 is 40.9 Å². The van der Waals surface area contributed by atoms with Crippen molar-refractivity contribution in [3.8, 4) is 0 Å². The molecule has 0 radical (unpaired) electrons. The number of carboxylic acid groups (broad SMARTS) is 1. The Balaban J connectivity index is 1.65. The zero-order chi connectivity index (χ0) is 20.3. The second-order valence-electron chi connectivity index (χ2n) is 6.54. The van der Waals surface area contributed by atoms with Crippen LogP contribution in [0.15, 0.2) is 29.2 Å². The number of thioether (sulfide) groups is 1. The van der Waals surface area contributed by atoms with E-state index in [-0.39, 0.29) is 23.4 Å². The van der Waals surface area contributed by atoms with Crippen LogP contribution in [0.5, 0.6) is 0 Å². The van der Waals surface area contributed by atoms with Gasteiger partial charge in [-0.25, -0.2) is 9.18 Å². The molecule has 0 spiro atoms. The summed E-state index contributed by atoms with van der Waals surface area (Å²) in [5.41, 5.74) is 0.196. The van der Waals surface area contributed by atoms with E-state index in [2.05, 4.69) is 0 Å². The number of hydrogen-bond acceptors (Lipinski definition) is 5. The molecular weight excluding hydrogens is 387 g/mol. The summed E-state index contributed by atoms with van der Waals surface area (Å²) in [5.74, 6) is -2.54. The van der Waals surface area contributed by atoms with Gasteiger partial charge in [0, 0.05) is 25.1 Å². The van der Waals surface area contributed by atoms with E-state index >= 15 is 0 Å². The third kappa shape index (κ3) is 4.24. The number of carboxylic acids is 1. The van der Waals surface area contributed by atoms with Crippen LogP contribution in [0.3, 0.4) is 0 Å². The second-order valence-corrected chi connectivity index (χ2v) is 7.54. The van der Waals surface area contributed by atoms with E-state index in [1.807, 2.05) is 0 Å². The lowest BCUT2D eigenvalue weighted by atomic mass is 10.0. The fourth-order valence-corrected chi connectivity index (χ4v) is 4.12. The molecule has 1 N–H and O–H groups in total. The van der Waals surface area contributed by atoms with E-state index in [0.29, 0.717) is 24.7 Å². The third-order valence-electron chi connectivity index (χ3n) is 4.72. The van der Waals surface area contributed by atoms with Gasteiger partial charge in [-0.1, -0.05) is 18.2 Å². The Kier molecular flexibility index (Phi) is 6.13. The van der Waals surface area contributed by atoms with E-state index < -0.39 is 34.9 Å². The molecular formula is C19H19FN2O5S. The van der Waals surface area contributed by atoms with E-state index in [1.165, 1.54) is 29.2 Å². The summed E-state index contributed by atoms with van der Waals surface area (Å²) in [6.07, 6.45) is 3.03. The van der Waals surface area contributed by atoms with Crippen molar-refractivity contribution in [2.24, 2.45) is 0 Å². The highest BCUT2D eigenvalue weighted by Gasteiger charge is 2.37. The van der Waals surface area contributed by atoms with Gasteiger partial charge in [0.1, 0.15) is 11.9 Å². The molecule has 2 saturated heterocycles. The van der Waals surface area contributed by atoms with Crippen LogP contribution in [0.2, 0.25) is 0 Å². The standard InChI is InChI=1S/C19H19FN2O5S/c20-13-6-2-1-5-12(13)11-15-17(24)22(19(27)28-15)10-8-16(23)21-9-4-3-7-14(21)18(25)26/h1-2,5-6,11,14H,3-4,7-10H2,(H,25,26)/b15-11-.